The number of carbonyl (C=O) groups excluding carboxylic acids is 4. The lowest BCUT2D eigenvalue weighted by Gasteiger charge is -2.21. The Labute approximate surface area is 600 Å². The van der Waals surface area contributed by atoms with Gasteiger partial charge in [-0.2, -0.15) is 0 Å². The van der Waals surface area contributed by atoms with E-state index in [1.165, 1.54) is 212 Å². The normalized spacial score (nSPS) is 14.3. The first kappa shape index (κ1) is 96.1. The van der Waals surface area contributed by atoms with Crippen LogP contribution < -0.4 is 0 Å². The molecule has 3 unspecified atom stereocenters. The van der Waals surface area contributed by atoms with E-state index in [0.717, 1.165) is 114 Å². The van der Waals surface area contributed by atoms with Gasteiger partial charge in [-0.25, -0.2) is 9.13 Å². The number of ether oxygens (including phenoxy) is 4. The molecule has 582 valence electrons. The third-order valence-corrected chi connectivity index (χ3v) is 20.6. The van der Waals surface area contributed by atoms with Crippen LogP contribution in [0, 0.1) is 17.8 Å². The Hall–Kier alpha value is -1.94. The van der Waals surface area contributed by atoms with E-state index in [1.54, 1.807) is 0 Å². The van der Waals surface area contributed by atoms with Crippen LogP contribution >= 0.6 is 15.6 Å². The highest BCUT2D eigenvalue weighted by atomic mass is 31.2. The molecule has 0 aromatic heterocycles. The molecule has 0 aromatic carbocycles. The van der Waals surface area contributed by atoms with Crippen molar-refractivity contribution in [1.29, 1.82) is 0 Å². The standard InChI is InChI=1S/C79H154O17P2/c1-8-10-11-12-13-14-26-34-39-48-55-62-78(83)96-75(67-90-77(82)61-54-47-42-41-45-52-59-72(7)9-2)69-94-98(87,88)92-65-73(80)64-91-97(85,86)93-68-74(66-89-76(81)60-53-46-38-33-29-25-21-23-28-32-37-44-51-58-71(5)6)95-79(84)63-56-49-40-35-30-24-20-18-16-15-17-19-22-27-31-36-43-50-57-70(3)4/h70-75,80H,8-69H2,1-7H3,(H,85,86)(H,87,88)/t72?,73-,74-,75-/m1/s1. The lowest BCUT2D eigenvalue weighted by molar-refractivity contribution is -0.161. The van der Waals surface area contributed by atoms with E-state index in [1.807, 2.05) is 0 Å². The zero-order valence-corrected chi connectivity index (χ0v) is 66.0. The zero-order valence-electron chi connectivity index (χ0n) is 64.3. The van der Waals surface area contributed by atoms with Gasteiger partial charge in [-0.3, -0.25) is 37.3 Å². The predicted octanol–water partition coefficient (Wildman–Crippen LogP) is 23.4. The number of phosphoric acid groups is 2. The molecule has 17 nitrogen and oxygen atoms in total. The summed E-state index contributed by atoms with van der Waals surface area (Å²) >= 11 is 0. The highest BCUT2D eigenvalue weighted by Gasteiger charge is 2.30. The van der Waals surface area contributed by atoms with Gasteiger partial charge >= 0.3 is 39.5 Å². The number of aliphatic hydroxyl groups excluding tert-OH is 1. The summed E-state index contributed by atoms with van der Waals surface area (Å²) in [6.07, 6.45) is 56.9. The van der Waals surface area contributed by atoms with Crippen molar-refractivity contribution in [3.05, 3.63) is 0 Å². The minimum Gasteiger partial charge on any atom is -0.462 e. The number of aliphatic hydroxyl groups is 1. The molecule has 0 rings (SSSR count). The van der Waals surface area contributed by atoms with Gasteiger partial charge in [0.05, 0.1) is 26.4 Å². The Balaban J connectivity index is 5.21. The Morgan fingerprint density at radius 3 is 0.776 bits per heavy atom. The van der Waals surface area contributed by atoms with Crippen LogP contribution in [0.1, 0.15) is 408 Å². The molecule has 0 bridgehead atoms. The molecule has 0 fully saturated rings. The lowest BCUT2D eigenvalue weighted by Crippen LogP contribution is -2.30. The summed E-state index contributed by atoms with van der Waals surface area (Å²) in [7, 11) is -9.91. The molecule has 0 aliphatic heterocycles. The van der Waals surface area contributed by atoms with Gasteiger partial charge in [0.15, 0.2) is 12.2 Å². The summed E-state index contributed by atoms with van der Waals surface area (Å²) in [5, 5.41) is 10.6. The van der Waals surface area contributed by atoms with E-state index < -0.39 is 97.5 Å². The van der Waals surface area contributed by atoms with Crippen molar-refractivity contribution < 1.29 is 80.2 Å². The fourth-order valence-corrected chi connectivity index (χ4v) is 13.7. The highest BCUT2D eigenvalue weighted by molar-refractivity contribution is 7.47. The van der Waals surface area contributed by atoms with Crippen molar-refractivity contribution in [3.8, 4) is 0 Å². The molecule has 6 atom stereocenters. The second kappa shape index (κ2) is 69.4. The third kappa shape index (κ3) is 71.1. The maximum absolute atomic E-state index is 13.1. The fraction of sp³-hybridized carbons (Fsp3) is 0.949. The Kier molecular flexibility index (Phi) is 68.1. The van der Waals surface area contributed by atoms with Gasteiger partial charge in [-0.05, 0) is 43.4 Å². The topological polar surface area (TPSA) is 237 Å². The molecule has 3 N–H and O–H groups in total. The van der Waals surface area contributed by atoms with Crippen LogP contribution in [-0.2, 0) is 65.4 Å². The predicted molar refractivity (Wildman–Crippen MR) is 400 cm³/mol. The maximum Gasteiger partial charge on any atom is 0.472 e. The molecule has 19 heteroatoms. The van der Waals surface area contributed by atoms with Gasteiger partial charge in [0.2, 0.25) is 0 Å². The minimum absolute atomic E-state index is 0.106. The Morgan fingerprint density at radius 1 is 0.296 bits per heavy atom. The molecular formula is C79H154O17P2. The SMILES string of the molecule is CCCCCCCCCCCCCC(=O)O[C@H](COC(=O)CCCCCCCCC(C)CC)COP(=O)(O)OC[C@H](O)COP(=O)(O)OC[C@@H](COC(=O)CCCCCCCCCCCCCCCC(C)C)OC(=O)CCCCCCCCCCCCCCCCCCCCC(C)C. The van der Waals surface area contributed by atoms with Gasteiger partial charge in [0, 0.05) is 25.7 Å². The number of phosphoric ester groups is 2. The first-order valence-corrected chi connectivity index (χ1v) is 43.9. The first-order chi connectivity index (χ1) is 47.3. The van der Waals surface area contributed by atoms with Crippen LogP contribution in [0.4, 0.5) is 0 Å². The van der Waals surface area contributed by atoms with Gasteiger partial charge in [-0.15, -0.1) is 0 Å². The summed E-state index contributed by atoms with van der Waals surface area (Å²) in [5.74, 6) is 0.228. The average molecular weight is 1440 g/mol. The molecular weight excluding hydrogens is 1280 g/mol. The van der Waals surface area contributed by atoms with Crippen LogP contribution in [-0.4, -0.2) is 96.7 Å². The summed E-state index contributed by atoms with van der Waals surface area (Å²) in [6, 6.07) is 0. The van der Waals surface area contributed by atoms with E-state index in [0.29, 0.717) is 25.7 Å². The molecule has 0 saturated carbocycles. The molecule has 0 saturated heterocycles. The maximum atomic E-state index is 13.1. The molecule has 98 heavy (non-hydrogen) atoms. The average Bonchev–Trinajstić information content (AvgIpc) is 1.53. The summed E-state index contributed by atoms with van der Waals surface area (Å²) in [4.78, 5) is 72.9. The van der Waals surface area contributed by atoms with E-state index in [2.05, 4.69) is 48.5 Å². The van der Waals surface area contributed by atoms with Crippen LogP contribution in [0.25, 0.3) is 0 Å². The minimum atomic E-state index is -4.96. The van der Waals surface area contributed by atoms with Gasteiger partial charge < -0.3 is 33.8 Å². The smallest absolute Gasteiger partial charge is 0.462 e. The highest BCUT2D eigenvalue weighted by Crippen LogP contribution is 2.45. The van der Waals surface area contributed by atoms with E-state index in [-0.39, 0.29) is 25.7 Å². The molecule has 0 aromatic rings. The molecule has 0 aliphatic rings. The van der Waals surface area contributed by atoms with Crippen molar-refractivity contribution in [2.24, 2.45) is 17.8 Å². The number of hydrogen-bond acceptors (Lipinski definition) is 15. The van der Waals surface area contributed by atoms with Gasteiger partial charge in [-0.1, -0.05) is 357 Å². The summed E-state index contributed by atoms with van der Waals surface area (Å²) in [5.41, 5.74) is 0. The summed E-state index contributed by atoms with van der Waals surface area (Å²) in [6.45, 7) is 11.9. The van der Waals surface area contributed by atoms with Crippen molar-refractivity contribution >= 4 is 39.5 Å². The number of unbranched alkanes of at least 4 members (excludes halogenated alkanes) is 44. The second-order valence-electron chi connectivity index (χ2n) is 29.6. The number of carbonyl (C=O) groups is 4. The number of hydrogen-bond donors (Lipinski definition) is 3. The second-order valence-corrected chi connectivity index (χ2v) is 32.6. The summed E-state index contributed by atoms with van der Waals surface area (Å²) < 4.78 is 68.6. The van der Waals surface area contributed by atoms with Crippen LogP contribution in [0.5, 0.6) is 0 Å². The van der Waals surface area contributed by atoms with Crippen molar-refractivity contribution in [3.63, 3.8) is 0 Å². The van der Waals surface area contributed by atoms with Crippen LogP contribution in [0.3, 0.4) is 0 Å². The largest absolute Gasteiger partial charge is 0.472 e. The number of rotatable bonds is 77. The van der Waals surface area contributed by atoms with Crippen LogP contribution in [0.15, 0.2) is 0 Å². The monoisotopic (exact) mass is 1440 g/mol. The van der Waals surface area contributed by atoms with E-state index in [4.69, 9.17) is 37.0 Å². The van der Waals surface area contributed by atoms with Crippen molar-refractivity contribution in [2.45, 2.75) is 426 Å². The molecule has 0 radical (unpaired) electrons. The molecule has 0 heterocycles. The van der Waals surface area contributed by atoms with Gasteiger partial charge in [0.1, 0.15) is 19.3 Å². The fourth-order valence-electron chi connectivity index (χ4n) is 12.1. The van der Waals surface area contributed by atoms with E-state index >= 15 is 0 Å². The number of esters is 4. The first-order valence-electron chi connectivity index (χ1n) is 40.9. The zero-order chi connectivity index (χ0) is 72.3. The third-order valence-electron chi connectivity index (χ3n) is 18.7. The van der Waals surface area contributed by atoms with Crippen molar-refractivity contribution in [2.75, 3.05) is 39.6 Å². The van der Waals surface area contributed by atoms with Crippen LogP contribution in [0.2, 0.25) is 0 Å². The quantitative estimate of drug-likeness (QED) is 0.0222. The Morgan fingerprint density at radius 2 is 0.520 bits per heavy atom. The molecule has 0 amide bonds. The molecule has 0 aliphatic carbocycles. The van der Waals surface area contributed by atoms with E-state index in [9.17, 15) is 43.2 Å². The van der Waals surface area contributed by atoms with Gasteiger partial charge in [0.25, 0.3) is 0 Å². The van der Waals surface area contributed by atoms with Crippen molar-refractivity contribution in [1.82, 2.24) is 0 Å². The lowest BCUT2D eigenvalue weighted by atomic mass is 10.00. The molecule has 0 spiro atoms. The Bertz CT molecular complexity index is 1910.